The van der Waals surface area contributed by atoms with Gasteiger partial charge < -0.3 is 11.5 Å². The lowest BCUT2D eigenvalue weighted by Crippen LogP contribution is -2.33. The molecule has 2 aromatic rings. The Morgan fingerprint density at radius 2 is 1.76 bits per heavy atom. The number of benzene rings is 1. The van der Waals surface area contributed by atoms with E-state index in [-0.39, 0.29) is 0 Å². The zero-order valence-electron chi connectivity index (χ0n) is 9.93. The van der Waals surface area contributed by atoms with Crippen LogP contribution in [0.25, 0.3) is 10.1 Å². The Hall–Kier alpha value is -0.940. The lowest BCUT2D eigenvalue weighted by Gasteiger charge is -2.20. The minimum atomic E-state index is 0.683. The topological polar surface area (TPSA) is 55.3 Å². The van der Waals surface area contributed by atoms with Crippen LogP contribution < -0.4 is 11.5 Å². The summed E-state index contributed by atoms with van der Waals surface area (Å²) in [6, 6.07) is 8.53. The van der Waals surface area contributed by atoms with Crippen LogP contribution in [0.4, 0.5) is 0 Å². The molecular weight excluding hydrogens is 230 g/mol. The van der Waals surface area contributed by atoms with Gasteiger partial charge in [-0.3, -0.25) is 4.90 Å². The molecule has 0 bridgehead atoms. The number of nitrogens with two attached hydrogens (primary N) is 2. The predicted molar refractivity (Wildman–Crippen MR) is 75.2 cm³/mol. The van der Waals surface area contributed by atoms with E-state index in [2.05, 4.69) is 34.5 Å². The molecule has 0 aliphatic rings. The maximum atomic E-state index is 5.62. The molecule has 17 heavy (non-hydrogen) atoms. The molecule has 4 N–H and O–H groups in total. The Morgan fingerprint density at radius 3 is 2.47 bits per heavy atom. The van der Waals surface area contributed by atoms with Gasteiger partial charge in [-0.2, -0.15) is 0 Å². The molecule has 0 atom stereocenters. The van der Waals surface area contributed by atoms with Gasteiger partial charge in [-0.15, -0.1) is 11.3 Å². The van der Waals surface area contributed by atoms with Gasteiger partial charge in [0, 0.05) is 37.4 Å². The zero-order chi connectivity index (χ0) is 12.1. The third-order valence-electron chi connectivity index (χ3n) is 2.85. The van der Waals surface area contributed by atoms with Crippen molar-refractivity contribution in [2.75, 3.05) is 26.2 Å². The maximum Gasteiger partial charge on any atom is 0.0346 e. The number of hydrogen-bond acceptors (Lipinski definition) is 4. The molecule has 0 aliphatic carbocycles. The highest BCUT2D eigenvalue weighted by molar-refractivity contribution is 7.17. The van der Waals surface area contributed by atoms with Gasteiger partial charge in [0.15, 0.2) is 0 Å². The van der Waals surface area contributed by atoms with Crippen LogP contribution in [0.2, 0.25) is 0 Å². The lowest BCUT2D eigenvalue weighted by atomic mass is 10.1. The summed E-state index contributed by atoms with van der Waals surface area (Å²) in [6.07, 6.45) is 0. The lowest BCUT2D eigenvalue weighted by molar-refractivity contribution is 0.282. The monoisotopic (exact) mass is 249 g/mol. The number of thiophene rings is 1. The summed E-state index contributed by atoms with van der Waals surface area (Å²) in [5.74, 6) is 0. The first-order valence-electron chi connectivity index (χ1n) is 5.92. The number of fused-ring (bicyclic) bond motifs is 1. The van der Waals surface area contributed by atoms with Gasteiger partial charge >= 0.3 is 0 Å². The van der Waals surface area contributed by atoms with E-state index < -0.39 is 0 Å². The van der Waals surface area contributed by atoms with Crippen molar-refractivity contribution in [1.29, 1.82) is 0 Å². The summed E-state index contributed by atoms with van der Waals surface area (Å²) < 4.78 is 1.35. The van der Waals surface area contributed by atoms with E-state index in [1.807, 2.05) is 0 Å². The van der Waals surface area contributed by atoms with E-state index in [0.717, 1.165) is 19.6 Å². The van der Waals surface area contributed by atoms with Crippen molar-refractivity contribution >= 4 is 21.4 Å². The summed E-state index contributed by atoms with van der Waals surface area (Å²) >= 11 is 1.80. The normalized spacial score (nSPS) is 11.5. The van der Waals surface area contributed by atoms with Crippen LogP contribution in [-0.4, -0.2) is 31.1 Å². The SMILES string of the molecule is NCCN(CCN)Cc1csc2ccccc12. The molecule has 92 valence electrons. The second-order valence-electron chi connectivity index (χ2n) is 4.11. The molecule has 3 nitrogen and oxygen atoms in total. The van der Waals surface area contributed by atoms with E-state index >= 15 is 0 Å². The highest BCUT2D eigenvalue weighted by Gasteiger charge is 2.08. The molecule has 0 radical (unpaired) electrons. The van der Waals surface area contributed by atoms with Crippen LogP contribution in [0.3, 0.4) is 0 Å². The van der Waals surface area contributed by atoms with Gasteiger partial charge in [-0.1, -0.05) is 18.2 Å². The van der Waals surface area contributed by atoms with Gasteiger partial charge in [-0.25, -0.2) is 0 Å². The Morgan fingerprint density at radius 1 is 1.06 bits per heavy atom. The average Bonchev–Trinajstić information content (AvgIpc) is 2.74. The fourth-order valence-corrected chi connectivity index (χ4v) is 2.99. The van der Waals surface area contributed by atoms with Crippen LogP contribution in [-0.2, 0) is 6.54 Å². The predicted octanol–water partition coefficient (Wildman–Crippen LogP) is 1.62. The third kappa shape index (κ3) is 3.04. The fourth-order valence-electron chi connectivity index (χ4n) is 2.03. The van der Waals surface area contributed by atoms with Crippen molar-refractivity contribution < 1.29 is 0 Å². The van der Waals surface area contributed by atoms with Gasteiger partial charge in [0.2, 0.25) is 0 Å². The number of hydrogen-bond donors (Lipinski definition) is 2. The Bertz CT molecular complexity index is 460. The summed E-state index contributed by atoms with van der Waals surface area (Å²) in [6.45, 7) is 4.12. The molecule has 0 spiro atoms. The average molecular weight is 249 g/mol. The van der Waals surface area contributed by atoms with Crippen molar-refractivity contribution in [2.45, 2.75) is 6.54 Å². The highest BCUT2D eigenvalue weighted by atomic mass is 32.1. The summed E-state index contributed by atoms with van der Waals surface area (Å²) in [4.78, 5) is 2.31. The minimum absolute atomic E-state index is 0.683. The van der Waals surface area contributed by atoms with Gasteiger partial charge in [-0.05, 0) is 22.4 Å². The first-order chi connectivity index (χ1) is 8.35. The molecule has 1 heterocycles. The minimum Gasteiger partial charge on any atom is -0.329 e. The second-order valence-corrected chi connectivity index (χ2v) is 5.02. The van der Waals surface area contributed by atoms with Crippen molar-refractivity contribution in [3.63, 3.8) is 0 Å². The summed E-state index contributed by atoms with van der Waals surface area (Å²) in [5, 5.41) is 3.60. The molecule has 0 saturated heterocycles. The van der Waals surface area contributed by atoms with Crippen LogP contribution in [0.15, 0.2) is 29.6 Å². The van der Waals surface area contributed by atoms with Crippen LogP contribution in [0.1, 0.15) is 5.56 Å². The smallest absolute Gasteiger partial charge is 0.0346 e. The quantitative estimate of drug-likeness (QED) is 0.818. The Labute approximate surface area is 106 Å². The van der Waals surface area contributed by atoms with Crippen LogP contribution in [0, 0.1) is 0 Å². The molecule has 0 unspecified atom stereocenters. The first-order valence-corrected chi connectivity index (χ1v) is 6.80. The summed E-state index contributed by atoms with van der Waals surface area (Å²) in [7, 11) is 0. The molecule has 1 aromatic heterocycles. The molecule has 0 fully saturated rings. The standard InChI is InChI=1S/C13H19N3S/c14-5-7-16(8-6-15)9-11-10-17-13-4-2-1-3-12(11)13/h1-4,10H,5-9,14-15H2. The fraction of sp³-hybridized carbons (Fsp3) is 0.385. The van der Waals surface area contributed by atoms with Gasteiger partial charge in [0.05, 0.1) is 0 Å². The van der Waals surface area contributed by atoms with E-state index in [1.165, 1.54) is 15.6 Å². The van der Waals surface area contributed by atoms with Crippen LogP contribution >= 0.6 is 11.3 Å². The molecule has 0 saturated carbocycles. The third-order valence-corrected chi connectivity index (χ3v) is 3.86. The molecule has 0 amide bonds. The van der Waals surface area contributed by atoms with Gasteiger partial charge in [0.25, 0.3) is 0 Å². The first kappa shape index (κ1) is 12.5. The van der Waals surface area contributed by atoms with Crippen molar-refractivity contribution in [1.82, 2.24) is 4.90 Å². The van der Waals surface area contributed by atoms with E-state index in [0.29, 0.717) is 13.1 Å². The number of nitrogens with zero attached hydrogens (tertiary/aromatic N) is 1. The number of rotatable bonds is 6. The van der Waals surface area contributed by atoms with Crippen molar-refractivity contribution in [2.24, 2.45) is 11.5 Å². The zero-order valence-corrected chi connectivity index (χ0v) is 10.7. The molecular formula is C13H19N3S. The Balaban J connectivity index is 2.15. The summed E-state index contributed by atoms with van der Waals surface area (Å²) in [5.41, 5.74) is 12.6. The highest BCUT2D eigenvalue weighted by Crippen LogP contribution is 2.26. The maximum absolute atomic E-state index is 5.62. The van der Waals surface area contributed by atoms with Gasteiger partial charge in [0.1, 0.15) is 0 Å². The molecule has 0 aliphatic heterocycles. The van der Waals surface area contributed by atoms with E-state index in [4.69, 9.17) is 11.5 Å². The van der Waals surface area contributed by atoms with E-state index in [1.54, 1.807) is 11.3 Å². The largest absolute Gasteiger partial charge is 0.329 e. The molecule has 4 heteroatoms. The van der Waals surface area contributed by atoms with Crippen molar-refractivity contribution in [3.8, 4) is 0 Å². The van der Waals surface area contributed by atoms with E-state index in [9.17, 15) is 0 Å². The molecule has 1 aromatic carbocycles. The van der Waals surface area contributed by atoms with Crippen molar-refractivity contribution in [3.05, 3.63) is 35.2 Å². The second kappa shape index (κ2) is 6.12. The Kier molecular flexibility index (Phi) is 4.50. The van der Waals surface area contributed by atoms with Crippen LogP contribution in [0.5, 0.6) is 0 Å². The molecule has 2 rings (SSSR count).